The van der Waals surface area contributed by atoms with Gasteiger partial charge in [0.15, 0.2) is 6.61 Å². The predicted molar refractivity (Wildman–Crippen MR) is 142 cm³/mol. The summed E-state index contributed by atoms with van der Waals surface area (Å²) in [4.78, 5) is 28.2. The number of amides is 2. The Balaban J connectivity index is 1.79. The van der Waals surface area contributed by atoms with Gasteiger partial charge in [0.2, 0.25) is 5.91 Å². The number of carbonyl (C=O) groups excluding carboxylic acids is 2. The van der Waals surface area contributed by atoms with Crippen molar-refractivity contribution in [2.45, 2.75) is 83.8 Å². The summed E-state index contributed by atoms with van der Waals surface area (Å²) in [5.41, 5.74) is 1.83. The second-order valence-electron chi connectivity index (χ2n) is 10.2. The minimum Gasteiger partial charge on any atom is -0.484 e. The molecule has 0 bridgehead atoms. The molecule has 2 aromatic carbocycles. The molecule has 0 spiro atoms. The Bertz CT molecular complexity index is 992. The molecule has 1 aliphatic carbocycles. The molecule has 2 amide bonds. The van der Waals surface area contributed by atoms with Gasteiger partial charge in [0.05, 0.1) is 0 Å². The third-order valence-corrected chi connectivity index (χ3v) is 7.27. The van der Waals surface area contributed by atoms with Crippen molar-refractivity contribution in [1.82, 2.24) is 10.2 Å². The molecule has 1 unspecified atom stereocenters. The zero-order chi connectivity index (χ0) is 25.6. The van der Waals surface area contributed by atoms with Crippen LogP contribution in [0.15, 0.2) is 42.5 Å². The highest BCUT2D eigenvalue weighted by Crippen LogP contribution is 2.28. The summed E-state index contributed by atoms with van der Waals surface area (Å²) in [6.45, 7) is 8.27. The molecule has 2 aromatic rings. The summed E-state index contributed by atoms with van der Waals surface area (Å²) in [5.74, 6) is 0.158. The van der Waals surface area contributed by atoms with E-state index in [1.165, 1.54) is 5.56 Å². The van der Waals surface area contributed by atoms with E-state index < -0.39 is 6.04 Å². The lowest BCUT2D eigenvalue weighted by Crippen LogP contribution is -2.52. The lowest BCUT2D eigenvalue weighted by atomic mass is 9.87. The van der Waals surface area contributed by atoms with Crippen LogP contribution in [0.4, 0.5) is 0 Å². The molecule has 0 saturated heterocycles. The fourth-order valence-electron chi connectivity index (χ4n) is 4.42. The first kappa shape index (κ1) is 27.3. The topological polar surface area (TPSA) is 58.6 Å². The van der Waals surface area contributed by atoms with Crippen molar-refractivity contribution in [3.8, 4) is 5.75 Å². The standard InChI is InChI=1S/C28H36Cl2N2O3/c1-5-25(27(34)31-20-9-6-7-10-20)32(17-22-23(29)11-8-12-24(22)30)26(33)18-35-21-15-13-19(14-16-21)28(2,3)4/h8,11-16,20,25H,5-7,9-10,17-18H2,1-4H3,(H,31,34). The Kier molecular flexibility index (Phi) is 9.48. The van der Waals surface area contributed by atoms with Crippen LogP contribution in [0.5, 0.6) is 5.75 Å². The minimum absolute atomic E-state index is 0.0282. The van der Waals surface area contributed by atoms with Crippen LogP contribution in [-0.4, -0.2) is 35.4 Å². The summed E-state index contributed by atoms with van der Waals surface area (Å²) in [6, 6.07) is 12.5. The Labute approximate surface area is 219 Å². The van der Waals surface area contributed by atoms with E-state index in [1.807, 2.05) is 31.2 Å². The molecule has 0 radical (unpaired) electrons. The molecule has 0 aromatic heterocycles. The number of ether oxygens (including phenoxy) is 1. The number of halogens is 2. The second-order valence-corrected chi connectivity index (χ2v) is 11.0. The van der Waals surface area contributed by atoms with Crippen molar-refractivity contribution >= 4 is 35.0 Å². The van der Waals surface area contributed by atoms with Gasteiger partial charge in [-0.1, -0.05) is 81.9 Å². The number of benzene rings is 2. The fourth-order valence-corrected chi connectivity index (χ4v) is 4.94. The Morgan fingerprint density at radius 1 is 1.06 bits per heavy atom. The molecular weight excluding hydrogens is 483 g/mol. The van der Waals surface area contributed by atoms with Crippen LogP contribution in [0.3, 0.4) is 0 Å². The number of nitrogens with one attached hydrogen (secondary N) is 1. The van der Waals surface area contributed by atoms with Gasteiger partial charge < -0.3 is 15.0 Å². The highest BCUT2D eigenvalue weighted by Gasteiger charge is 2.31. The molecule has 5 nitrogen and oxygen atoms in total. The molecule has 190 valence electrons. The van der Waals surface area contributed by atoms with Gasteiger partial charge in [-0.25, -0.2) is 0 Å². The molecule has 7 heteroatoms. The third kappa shape index (κ3) is 7.37. The average Bonchev–Trinajstić information content (AvgIpc) is 3.32. The van der Waals surface area contributed by atoms with E-state index in [-0.39, 0.29) is 36.4 Å². The van der Waals surface area contributed by atoms with E-state index in [1.54, 1.807) is 23.1 Å². The van der Waals surface area contributed by atoms with Gasteiger partial charge in [0.25, 0.3) is 5.91 Å². The third-order valence-electron chi connectivity index (χ3n) is 6.56. The van der Waals surface area contributed by atoms with Crippen LogP contribution in [-0.2, 0) is 21.5 Å². The SMILES string of the molecule is CCC(C(=O)NC1CCCC1)N(Cc1c(Cl)cccc1Cl)C(=O)COc1ccc(C(C)(C)C)cc1. The zero-order valence-electron chi connectivity index (χ0n) is 21.1. The Morgan fingerprint density at radius 3 is 2.20 bits per heavy atom. The number of hydrogen-bond acceptors (Lipinski definition) is 3. The number of nitrogens with zero attached hydrogens (tertiary/aromatic N) is 1. The summed E-state index contributed by atoms with van der Waals surface area (Å²) < 4.78 is 5.83. The first-order valence-electron chi connectivity index (χ1n) is 12.4. The Hall–Kier alpha value is -2.24. The number of rotatable bonds is 9. The second kappa shape index (κ2) is 12.1. The molecule has 1 saturated carbocycles. The molecule has 0 heterocycles. The fraction of sp³-hybridized carbons (Fsp3) is 0.500. The molecular formula is C28H36Cl2N2O3. The van der Waals surface area contributed by atoms with Crippen molar-refractivity contribution in [2.24, 2.45) is 0 Å². The highest BCUT2D eigenvalue weighted by molar-refractivity contribution is 6.36. The first-order valence-corrected chi connectivity index (χ1v) is 13.1. The zero-order valence-corrected chi connectivity index (χ0v) is 22.6. The van der Waals surface area contributed by atoms with Crippen LogP contribution >= 0.6 is 23.2 Å². The van der Waals surface area contributed by atoms with Crippen molar-refractivity contribution < 1.29 is 14.3 Å². The largest absolute Gasteiger partial charge is 0.484 e. The molecule has 1 aliphatic rings. The van der Waals surface area contributed by atoms with Crippen LogP contribution in [0.25, 0.3) is 0 Å². The maximum absolute atomic E-state index is 13.4. The molecule has 1 N–H and O–H groups in total. The summed E-state index contributed by atoms with van der Waals surface area (Å²) in [5, 5.41) is 4.05. The van der Waals surface area contributed by atoms with Gasteiger partial charge in [-0.05, 0) is 54.5 Å². The molecule has 3 rings (SSSR count). The Morgan fingerprint density at radius 2 is 1.66 bits per heavy atom. The van der Waals surface area contributed by atoms with E-state index in [2.05, 4.69) is 26.1 Å². The molecule has 35 heavy (non-hydrogen) atoms. The smallest absolute Gasteiger partial charge is 0.261 e. The normalized spacial score (nSPS) is 15.0. The maximum atomic E-state index is 13.4. The minimum atomic E-state index is -0.651. The van der Waals surface area contributed by atoms with Gasteiger partial charge in [-0.2, -0.15) is 0 Å². The quantitative estimate of drug-likeness (QED) is 0.410. The van der Waals surface area contributed by atoms with E-state index in [0.29, 0.717) is 27.8 Å². The maximum Gasteiger partial charge on any atom is 0.261 e. The van der Waals surface area contributed by atoms with E-state index in [0.717, 1.165) is 25.7 Å². The van der Waals surface area contributed by atoms with Crippen molar-refractivity contribution in [2.75, 3.05) is 6.61 Å². The highest BCUT2D eigenvalue weighted by atomic mass is 35.5. The van der Waals surface area contributed by atoms with Gasteiger partial charge in [-0.15, -0.1) is 0 Å². The van der Waals surface area contributed by atoms with E-state index in [4.69, 9.17) is 27.9 Å². The summed E-state index contributed by atoms with van der Waals surface area (Å²) >= 11 is 12.8. The molecule has 0 aliphatic heterocycles. The average molecular weight is 520 g/mol. The molecule has 1 fully saturated rings. The van der Waals surface area contributed by atoms with Crippen LogP contribution in [0, 0.1) is 0 Å². The van der Waals surface area contributed by atoms with E-state index >= 15 is 0 Å². The predicted octanol–water partition coefficient (Wildman–Crippen LogP) is 6.54. The van der Waals surface area contributed by atoms with Gasteiger partial charge in [-0.3, -0.25) is 9.59 Å². The van der Waals surface area contributed by atoms with Gasteiger partial charge in [0.1, 0.15) is 11.8 Å². The van der Waals surface area contributed by atoms with Crippen molar-refractivity contribution in [3.63, 3.8) is 0 Å². The van der Waals surface area contributed by atoms with Crippen LogP contribution < -0.4 is 10.1 Å². The van der Waals surface area contributed by atoms with Crippen LogP contribution in [0.1, 0.15) is 70.9 Å². The molecule has 1 atom stereocenters. The summed E-state index contributed by atoms with van der Waals surface area (Å²) in [6.07, 6.45) is 4.63. The van der Waals surface area contributed by atoms with Crippen molar-refractivity contribution in [3.05, 3.63) is 63.6 Å². The van der Waals surface area contributed by atoms with Gasteiger partial charge >= 0.3 is 0 Å². The lowest BCUT2D eigenvalue weighted by molar-refractivity contribution is -0.143. The van der Waals surface area contributed by atoms with Crippen molar-refractivity contribution in [1.29, 1.82) is 0 Å². The number of hydrogen-bond donors (Lipinski definition) is 1. The van der Waals surface area contributed by atoms with Gasteiger partial charge in [0, 0.05) is 28.2 Å². The number of carbonyl (C=O) groups is 2. The lowest BCUT2D eigenvalue weighted by Gasteiger charge is -2.32. The van der Waals surface area contributed by atoms with Crippen LogP contribution in [0.2, 0.25) is 10.0 Å². The summed E-state index contributed by atoms with van der Waals surface area (Å²) in [7, 11) is 0. The monoisotopic (exact) mass is 518 g/mol. The first-order chi connectivity index (χ1) is 16.6. The van der Waals surface area contributed by atoms with E-state index in [9.17, 15) is 9.59 Å².